The molecule has 1 aliphatic carbocycles. The predicted molar refractivity (Wildman–Crippen MR) is 69.7 cm³/mol. The highest BCUT2D eigenvalue weighted by Crippen LogP contribution is 2.16. The first-order valence-electron chi connectivity index (χ1n) is 7.05. The monoisotopic (exact) mass is 227 g/mol. The molecule has 0 aromatic heterocycles. The molecule has 1 rings (SSSR count). The molecule has 1 saturated carbocycles. The highest BCUT2D eigenvalue weighted by Gasteiger charge is 2.11. The fourth-order valence-corrected chi connectivity index (χ4v) is 2.18. The molecule has 0 radical (unpaired) electrons. The van der Waals surface area contributed by atoms with Gasteiger partial charge in [-0.15, -0.1) is 0 Å². The average Bonchev–Trinajstić information content (AvgIpc) is 2.52. The Morgan fingerprint density at radius 3 is 2.25 bits per heavy atom. The first-order valence-corrected chi connectivity index (χ1v) is 7.05. The van der Waals surface area contributed by atoms with Crippen LogP contribution in [-0.2, 0) is 4.74 Å². The Labute approximate surface area is 101 Å². The van der Waals surface area contributed by atoms with Crippen molar-refractivity contribution in [2.24, 2.45) is 5.92 Å². The van der Waals surface area contributed by atoms with Gasteiger partial charge in [-0.2, -0.15) is 0 Å². The largest absolute Gasteiger partial charge is 0.377 e. The molecular weight excluding hydrogens is 198 g/mol. The maximum Gasteiger partial charge on any atom is 0.0594 e. The van der Waals surface area contributed by atoms with E-state index < -0.39 is 0 Å². The number of ether oxygens (including phenoxy) is 1. The van der Waals surface area contributed by atoms with E-state index in [-0.39, 0.29) is 0 Å². The second kappa shape index (κ2) is 8.08. The third kappa shape index (κ3) is 5.86. The second-order valence-corrected chi connectivity index (χ2v) is 5.46. The van der Waals surface area contributed by atoms with Crippen LogP contribution in [0.1, 0.15) is 59.3 Å². The molecule has 2 nitrogen and oxygen atoms in total. The standard InChI is InChI=1S/C14H29NO/c1-12(2)13(3)16-11-10-15-14-8-6-4-5-7-9-14/h12-15H,4-11H2,1-3H3. The molecule has 1 unspecified atom stereocenters. The smallest absolute Gasteiger partial charge is 0.0594 e. The van der Waals surface area contributed by atoms with Crippen LogP contribution in [0.4, 0.5) is 0 Å². The normalized spacial score (nSPS) is 21.0. The summed E-state index contributed by atoms with van der Waals surface area (Å²) >= 11 is 0. The van der Waals surface area contributed by atoms with Crippen LogP contribution in [0.5, 0.6) is 0 Å². The minimum absolute atomic E-state index is 0.385. The number of hydrogen-bond acceptors (Lipinski definition) is 2. The number of rotatable bonds is 6. The van der Waals surface area contributed by atoms with Crippen LogP contribution in [0, 0.1) is 5.92 Å². The zero-order valence-electron chi connectivity index (χ0n) is 11.3. The Bertz CT molecular complexity index is 162. The van der Waals surface area contributed by atoms with Gasteiger partial charge in [0, 0.05) is 12.6 Å². The van der Waals surface area contributed by atoms with Crippen molar-refractivity contribution in [1.29, 1.82) is 0 Å². The lowest BCUT2D eigenvalue weighted by atomic mass is 10.1. The van der Waals surface area contributed by atoms with Crippen LogP contribution in [0.2, 0.25) is 0 Å². The molecule has 0 spiro atoms. The molecular formula is C14H29NO. The van der Waals surface area contributed by atoms with Crippen molar-refractivity contribution in [3.8, 4) is 0 Å². The summed E-state index contributed by atoms with van der Waals surface area (Å²) in [6.07, 6.45) is 8.77. The van der Waals surface area contributed by atoms with Crippen LogP contribution < -0.4 is 5.32 Å². The second-order valence-electron chi connectivity index (χ2n) is 5.46. The molecule has 0 heterocycles. The molecule has 2 heteroatoms. The van der Waals surface area contributed by atoms with Crippen LogP contribution in [0.25, 0.3) is 0 Å². The maximum atomic E-state index is 5.76. The Morgan fingerprint density at radius 2 is 1.69 bits per heavy atom. The van der Waals surface area contributed by atoms with Crippen molar-refractivity contribution in [2.45, 2.75) is 71.4 Å². The Kier molecular flexibility index (Phi) is 7.06. The minimum Gasteiger partial charge on any atom is -0.377 e. The van der Waals surface area contributed by atoms with Crippen molar-refractivity contribution in [2.75, 3.05) is 13.2 Å². The van der Waals surface area contributed by atoms with Crippen molar-refractivity contribution in [3.63, 3.8) is 0 Å². The SMILES string of the molecule is CC(C)C(C)OCCNC1CCCCCC1. The van der Waals surface area contributed by atoms with Crippen LogP contribution in [0.3, 0.4) is 0 Å². The lowest BCUT2D eigenvalue weighted by Gasteiger charge is -2.19. The van der Waals surface area contributed by atoms with Crippen LogP contribution in [-0.4, -0.2) is 25.3 Å². The molecule has 0 aromatic rings. The fourth-order valence-electron chi connectivity index (χ4n) is 2.18. The zero-order valence-corrected chi connectivity index (χ0v) is 11.3. The van der Waals surface area contributed by atoms with Gasteiger partial charge in [0.05, 0.1) is 12.7 Å². The molecule has 1 atom stereocenters. The molecule has 0 aromatic carbocycles. The van der Waals surface area contributed by atoms with E-state index in [0.717, 1.165) is 19.2 Å². The van der Waals surface area contributed by atoms with Crippen LogP contribution >= 0.6 is 0 Å². The first-order chi connectivity index (χ1) is 7.70. The van der Waals surface area contributed by atoms with E-state index in [1.807, 2.05) is 0 Å². The van der Waals surface area contributed by atoms with E-state index in [9.17, 15) is 0 Å². The predicted octanol–water partition coefficient (Wildman–Crippen LogP) is 3.36. The third-order valence-electron chi connectivity index (χ3n) is 3.71. The molecule has 16 heavy (non-hydrogen) atoms. The van der Waals surface area contributed by atoms with Crippen molar-refractivity contribution < 1.29 is 4.74 Å². The molecule has 1 N–H and O–H groups in total. The van der Waals surface area contributed by atoms with Gasteiger partial charge in [0.15, 0.2) is 0 Å². The van der Waals surface area contributed by atoms with E-state index in [2.05, 4.69) is 26.1 Å². The summed E-state index contributed by atoms with van der Waals surface area (Å²) in [5.41, 5.74) is 0. The summed E-state index contributed by atoms with van der Waals surface area (Å²) in [7, 11) is 0. The highest BCUT2D eigenvalue weighted by atomic mass is 16.5. The van der Waals surface area contributed by atoms with Crippen molar-refractivity contribution >= 4 is 0 Å². The summed E-state index contributed by atoms with van der Waals surface area (Å²) in [6.45, 7) is 8.46. The van der Waals surface area contributed by atoms with Gasteiger partial charge >= 0.3 is 0 Å². The van der Waals surface area contributed by atoms with Gasteiger partial charge in [-0.3, -0.25) is 0 Å². The number of hydrogen-bond donors (Lipinski definition) is 1. The van der Waals surface area contributed by atoms with E-state index in [4.69, 9.17) is 4.74 Å². The Morgan fingerprint density at radius 1 is 1.06 bits per heavy atom. The molecule has 96 valence electrons. The fraction of sp³-hybridized carbons (Fsp3) is 1.00. The molecule has 1 fully saturated rings. The van der Waals surface area contributed by atoms with E-state index in [1.165, 1.54) is 38.5 Å². The molecule has 0 amide bonds. The summed E-state index contributed by atoms with van der Waals surface area (Å²) in [5, 5.41) is 3.63. The maximum absolute atomic E-state index is 5.76. The van der Waals surface area contributed by atoms with Gasteiger partial charge in [0.2, 0.25) is 0 Å². The van der Waals surface area contributed by atoms with Crippen molar-refractivity contribution in [3.05, 3.63) is 0 Å². The van der Waals surface area contributed by atoms with Gasteiger partial charge in [0.25, 0.3) is 0 Å². The van der Waals surface area contributed by atoms with Gasteiger partial charge in [-0.1, -0.05) is 39.5 Å². The summed E-state index contributed by atoms with van der Waals surface area (Å²) in [4.78, 5) is 0. The lowest BCUT2D eigenvalue weighted by molar-refractivity contribution is 0.0362. The van der Waals surface area contributed by atoms with Gasteiger partial charge in [-0.25, -0.2) is 0 Å². The molecule has 1 aliphatic rings. The molecule has 0 bridgehead atoms. The van der Waals surface area contributed by atoms with Gasteiger partial charge < -0.3 is 10.1 Å². The minimum atomic E-state index is 0.385. The zero-order chi connectivity index (χ0) is 11.8. The van der Waals surface area contributed by atoms with E-state index in [1.54, 1.807) is 0 Å². The first kappa shape index (κ1) is 14.0. The Hall–Kier alpha value is -0.0800. The summed E-state index contributed by atoms with van der Waals surface area (Å²) in [6, 6.07) is 0.750. The lowest BCUT2D eigenvalue weighted by Crippen LogP contribution is -2.32. The topological polar surface area (TPSA) is 21.3 Å². The van der Waals surface area contributed by atoms with Gasteiger partial charge in [-0.05, 0) is 25.7 Å². The molecule has 0 aliphatic heterocycles. The van der Waals surface area contributed by atoms with E-state index >= 15 is 0 Å². The highest BCUT2D eigenvalue weighted by molar-refractivity contribution is 4.70. The summed E-state index contributed by atoms with van der Waals surface area (Å²) < 4.78 is 5.76. The quantitative estimate of drug-likeness (QED) is 0.555. The third-order valence-corrected chi connectivity index (χ3v) is 3.71. The van der Waals surface area contributed by atoms with Crippen LogP contribution in [0.15, 0.2) is 0 Å². The Balaban J connectivity index is 2.01. The molecule has 0 saturated heterocycles. The van der Waals surface area contributed by atoms with Crippen molar-refractivity contribution in [1.82, 2.24) is 5.32 Å². The average molecular weight is 227 g/mol. The number of nitrogens with one attached hydrogen (secondary N) is 1. The van der Waals surface area contributed by atoms with E-state index in [0.29, 0.717) is 12.0 Å². The summed E-state index contributed by atoms with van der Waals surface area (Å²) in [5.74, 6) is 0.623. The van der Waals surface area contributed by atoms with Gasteiger partial charge in [0.1, 0.15) is 0 Å².